The lowest BCUT2D eigenvalue weighted by molar-refractivity contribution is -0.162. The summed E-state index contributed by atoms with van der Waals surface area (Å²) in [4.78, 5) is 31.4. The molecule has 6 aliphatic rings. The van der Waals surface area contributed by atoms with E-state index in [1.807, 2.05) is 34.1 Å². The Kier molecular flexibility index (Phi) is 4.36. The molecule has 30 heavy (non-hydrogen) atoms. The van der Waals surface area contributed by atoms with Crippen LogP contribution < -0.4 is 4.74 Å². The van der Waals surface area contributed by atoms with Gasteiger partial charge in [0.25, 0.3) is 0 Å². The highest BCUT2D eigenvalue weighted by molar-refractivity contribution is 5.91. The van der Waals surface area contributed by atoms with Gasteiger partial charge < -0.3 is 14.5 Å². The first-order valence-corrected chi connectivity index (χ1v) is 11.9. The number of para-hydroxylation sites is 1. The molecule has 2 amide bonds. The zero-order chi connectivity index (χ0) is 20.3. The molecule has 0 aromatic heterocycles. The van der Waals surface area contributed by atoms with Gasteiger partial charge in [-0.05, 0) is 75.2 Å². The van der Waals surface area contributed by atoms with E-state index in [0.29, 0.717) is 25.6 Å². The van der Waals surface area contributed by atoms with Gasteiger partial charge in [0.15, 0.2) is 0 Å². The van der Waals surface area contributed by atoms with Gasteiger partial charge in [-0.3, -0.25) is 9.59 Å². The monoisotopic (exact) mass is 408 g/mol. The lowest BCUT2D eigenvalue weighted by Crippen LogP contribution is -2.57. The molecule has 1 atom stereocenters. The lowest BCUT2D eigenvalue weighted by Gasteiger charge is -2.56. The molecule has 2 aliphatic heterocycles. The van der Waals surface area contributed by atoms with Crippen LogP contribution >= 0.6 is 0 Å². The Morgan fingerprint density at radius 2 is 1.67 bits per heavy atom. The van der Waals surface area contributed by atoms with E-state index in [2.05, 4.69) is 0 Å². The van der Waals surface area contributed by atoms with E-state index in [1.54, 1.807) is 0 Å². The van der Waals surface area contributed by atoms with Crippen LogP contribution in [0, 0.1) is 23.2 Å². The van der Waals surface area contributed by atoms with Crippen molar-refractivity contribution in [2.24, 2.45) is 23.2 Å². The van der Waals surface area contributed by atoms with Crippen molar-refractivity contribution in [3.8, 4) is 5.75 Å². The summed E-state index contributed by atoms with van der Waals surface area (Å²) in [6.07, 6.45) is 8.96. The Morgan fingerprint density at radius 1 is 0.967 bits per heavy atom. The third kappa shape index (κ3) is 2.96. The van der Waals surface area contributed by atoms with Gasteiger partial charge in [-0.1, -0.05) is 18.2 Å². The van der Waals surface area contributed by atoms with Crippen LogP contribution in [-0.2, 0) is 16.1 Å². The van der Waals surface area contributed by atoms with Crippen LogP contribution in [0.1, 0.15) is 56.9 Å². The molecular formula is C25H32N2O3. The molecule has 4 saturated carbocycles. The van der Waals surface area contributed by atoms with E-state index in [9.17, 15) is 9.59 Å². The molecule has 160 valence electrons. The van der Waals surface area contributed by atoms with Crippen molar-refractivity contribution in [1.82, 2.24) is 9.80 Å². The zero-order valence-corrected chi connectivity index (χ0v) is 17.7. The van der Waals surface area contributed by atoms with Gasteiger partial charge >= 0.3 is 0 Å². The van der Waals surface area contributed by atoms with Gasteiger partial charge in [0.05, 0.1) is 12.0 Å². The summed E-state index contributed by atoms with van der Waals surface area (Å²) in [5, 5.41) is 0. The first-order valence-electron chi connectivity index (χ1n) is 11.9. The number of benzene rings is 1. The van der Waals surface area contributed by atoms with Crippen molar-refractivity contribution in [3.63, 3.8) is 0 Å². The molecule has 7 rings (SSSR count). The predicted molar refractivity (Wildman–Crippen MR) is 113 cm³/mol. The van der Waals surface area contributed by atoms with Crippen LogP contribution in [0.15, 0.2) is 24.3 Å². The normalized spacial score (nSPS) is 36.9. The van der Waals surface area contributed by atoms with Crippen LogP contribution in [0.5, 0.6) is 5.75 Å². The molecular weight excluding hydrogens is 376 g/mol. The molecule has 1 unspecified atom stereocenters. The first-order chi connectivity index (χ1) is 14.6. The Hall–Kier alpha value is -2.04. The Labute approximate surface area is 178 Å². The van der Waals surface area contributed by atoms with Crippen molar-refractivity contribution < 1.29 is 14.3 Å². The molecule has 5 nitrogen and oxygen atoms in total. The van der Waals surface area contributed by atoms with E-state index < -0.39 is 0 Å². The summed E-state index contributed by atoms with van der Waals surface area (Å²) in [5.41, 5.74) is 0.895. The van der Waals surface area contributed by atoms with Gasteiger partial charge in [-0.15, -0.1) is 0 Å². The van der Waals surface area contributed by atoms with E-state index in [4.69, 9.17) is 4.74 Å². The summed E-state index contributed by atoms with van der Waals surface area (Å²) in [6.45, 7) is 2.42. The molecule has 4 bridgehead atoms. The van der Waals surface area contributed by atoms with Gasteiger partial charge in [-0.2, -0.15) is 0 Å². The largest absolute Gasteiger partial charge is 0.491 e. The fraction of sp³-hybridized carbons (Fsp3) is 0.680. The maximum Gasteiger partial charge on any atom is 0.245 e. The zero-order valence-electron chi connectivity index (χ0n) is 17.7. The predicted octanol–water partition coefficient (Wildman–Crippen LogP) is 3.62. The molecule has 2 heterocycles. The highest BCUT2D eigenvalue weighted by atomic mass is 16.5. The quantitative estimate of drug-likeness (QED) is 0.751. The molecule has 1 aromatic carbocycles. The van der Waals surface area contributed by atoms with Crippen molar-refractivity contribution >= 4 is 11.8 Å². The Morgan fingerprint density at radius 3 is 2.40 bits per heavy atom. The van der Waals surface area contributed by atoms with Crippen LogP contribution in [0.3, 0.4) is 0 Å². The molecule has 0 radical (unpaired) electrons. The number of fused-ring (bicyclic) bond motifs is 1. The molecule has 4 aliphatic carbocycles. The van der Waals surface area contributed by atoms with Gasteiger partial charge in [0.1, 0.15) is 18.4 Å². The molecule has 0 N–H and O–H groups in total. The topological polar surface area (TPSA) is 49.9 Å². The van der Waals surface area contributed by atoms with Crippen LogP contribution in [0.2, 0.25) is 0 Å². The van der Waals surface area contributed by atoms with Crippen molar-refractivity contribution in [2.75, 3.05) is 19.7 Å². The minimum atomic E-state index is -0.282. The molecule has 0 spiro atoms. The number of hydrogen-bond donors (Lipinski definition) is 0. The second kappa shape index (κ2) is 7.00. The van der Waals surface area contributed by atoms with Gasteiger partial charge in [0, 0.05) is 18.7 Å². The summed E-state index contributed by atoms with van der Waals surface area (Å²) >= 11 is 0. The fourth-order valence-electron chi connectivity index (χ4n) is 7.67. The van der Waals surface area contributed by atoms with Crippen LogP contribution in [-0.4, -0.2) is 47.4 Å². The summed E-state index contributed by atoms with van der Waals surface area (Å²) in [7, 11) is 0. The number of likely N-dealkylation sites (tertiary alicyclic amines) is 1. The minimum absolute atomic E-state index is 0.117. The van der Waals surface area contributed by atoms with Crippen molar-refractivity contribution in [1.29, 1.82) is 0 Å². The highest BCUT2D eigenvalue weighted by Gasteiger charge is 2.57. The summed E-state index contributed by atoms with van der Waals surface area (Å²) < 4.78 is 5.86. The SMILES string of the molecule is O=C(C1CCCN1C(=O)C12CC3CC(CC(C3)C1)C2)N1CCOc2ccccc2C1. The highest BCUT2D eigenvalue weighted by Crippen LogP contribution is 2.60. The van der Waals surface area contributed by atoms with Crippen LogP contribution in [0.25, 0.3) is 0 Å². The number of amides is 2. The first kappa shape index (κ1) is 18.7. The average molecular weight is 409 g/mol. The Balaban J connectivity index is 1.22. The van der Waals surface area contributed by atoms with Crippen molar-refractivity contribution in [3.05, 3.63) is 29.8 Å². The number of rotatable bonds is 2. The minimum Gasteiger partial charge on any atom is -0.491 e. The number of nitrogens with zero attached hydrogens (tertiary/aromatic N) is 2. The summed E-state index contributed by atoms with van der Waals surface area (Å²) in [5.74, 6) is 3.54. The number of ether oxygens (including phenoxy) is 1. The molecule has 1 aromatic rings. The average Bonchev–Trinajstić information content (AvgIpc) is 3.11. The molecule has 1 saturated heterocycles. The van der Waals surface area contributed by atoms with E-state index in [0.717, 1.165) is 67.7 Å². The summed E-state index contributed by atoms with van der Waals surface area (Å²) in [6, 6.07) is 7.69. The molecule has 5 heteroatoms. The number of carbonyl (C=O) groups excluding carboxylic acids is 2. The maximum absolute atomic E-state index is 13.9. The second-order valence-electron chi connectivity index (χ2n) is 10.6. The van der Waals surface area contributed by atoms with E-state index >= 15 is 0 Å². The van der Waals surface area contributed by atoms with Crippen LogP contribution in [0.4, 0.5) is 0 Å². The fourth-order valence-corrected chi connectivity index (χ4v) is 7.67. The third-order valence-electron chi connectivity index (χ3n) is 8.55. The second-order valence-corrected chi connectivity index (χ2v) is 10.6. The smallest absolute Gasteiger partial charge is 0.245 e. The maximum atomic E-state index is 13.9. The molecule has 5 fully saturated rings. The lowest BCUT2D eigenvalue weighted by atomic mass is 9.49. The van der Waals surface area contributed by atoms with E-state index in [-0.39, 0.29) is 17.4 Å². The number of hydrogen-bond acceptors (Lipinski definition) is 3. The van der Waals surface area contributed by atoms with Gasteiger partial charge in [-0.25, -0.2) is 0 Å². The van der Waals surface area contributed by atoms with E-state index in [1.165, 1.54) is 19.3 Å². The third-order valence-corrected chi connectivity index (χ3v) is 8.55. The number of carbonyl (C=O) groups is 2. The Bertz CT molecular complexity index is 830. The standard InChI is InChI=1S/C25H32N2O3/c28-23(26-8-9-30-22-6-2-1-4-20(22)16-26)21-5-3-7-27(21)24(29)25-13-17-10-18(14-25)12-19(11-17)15-25/h1-2,4,6,17-19,21H,3,5,7-16H2. The van der Waals surface area contributed by atoms with Gasteiger partial charge in [0.2, 0.25) is 11.8 Å². The van der Waals surface area contributed by atoms with Crippen molar-refractivity contribution in [2.45, 2.75) is 64.0 Å².